The molecule has 35 heavy (non-hydrogen) atoms. The summed E-state index contributed by atoms with van der Waals surface area (Å²) in [5.41, 5.74) is -0.641. The van der Waals surface area contributed by atoms with Crippen LogP contribution in [0.5, 0.6) is 0 Å². The number of hydrogen-bond donors (Lipinski definition) is 2. The fraction of sp³-hybridized carbons (Fsp3) is 0.857. The molecule has 0 heterocycles. The standard InChI is InChI=1S/C28H52N2O5/c1-6-8-10-11-12-13-14-15-16-17-18-19-21-24(31)27(34)30-23(20-9-7-2)26(33)29-22-25(32)35-28(3,4)5/h23H,6-22H2,1-5H3,(H,29,33)(H,30,34)/t23-/m0/s1. The minimum Gasteiger partial charge on any atom is -0.459 e. The van der Waals surface area contributed by atoms with Crippen molar-refractivity contribution < 1.29 is 23.9 Å². The van der Waals surface area contributed by atoms with Crippen molar-refractivity contribution in [2.24, 2.45) is 0 Å². The number of hydrogen-bond acceptors (Lipinski definition) is 5. The van der Waals surface area contributed by atoms with Gasteiger partial charge in [-0.3, -0.25) is 19.2 Å². The van der Waals surface area contributed by atoms with E-state index in [-0.39, 0.29) is 13.0 Å². The third kappa shape index (κ3) is 20.0. The van der Waals surface area contributed by atoms with Crippen LogP contribution >= 0.6 is 0 Å². The molecule has 0 aromatic carbocycles. The molecule has 7 heteroatoms. The number of Topliss-reactive ketones (excluding diaryl/α,β-unsaturated/α-hetero) is 1. The number of nitrogens with one attached hydrogen (secondary N) is 2. The van der Waals surface area contributed by atoms with Crippen LogP contribution in [-0.2, 0) is 23.9 Å². The van der Waals surface area contributed by atoms with Gasteiger partial charge in [0.1, 0.15) is 18.2 Å². The molecule has 0 saturated heterocycles. The van der Waals surface area contributed by atoms with Gasteiger partial charge in [-0.15, -0.1) is 0 Å². The summed E-state index contributed by atoms with van der Waals surface area (Å²) in [4.78, 5) is 49.0. The van der Waals surface area contributed by atoms with Crippen LogP contribution in [0.1, 0.15) is 137 Å². The monoisotopic (exact) mass is 496 g/mol. The minimum atomic E-state index is -0.837. The van der Waals surface area contributed by atoms with Crippen molar-refractivity contribution in [3.8, 4) is 0 Å². The highest BCUT2D eigenvalue weighted by Crippen LogP contribution is 2.13. The maximum absolute atomic E-state index is 12.5. The summed E-state index contributed by atoms with van der Waals surface area (Å²) in [6.45, 7) is 9.19. The van der Waals surface area contributed by atoms with E-state index in [4.69, 9.17) is 4.74 Å². The quantitative estimate of drug-likeness (QED) is 0.119. The molecule has 7 nitrogen and oxygen atoms in total. The number of amides is 2. The van der Waals surface area contributed by atoms with E-state index in [0.717, 1.165) is 25.7 Å². The van der Waals surface area contributed by atoms with Crippen molar-refractivity contribution in [3.05, 3.63) is 0 Å². The predicted molar refractivity (Wildman–Crippen MR) is 141 cm³/mol. The zero-order chi connectivity index (χ0) is 26.5. The minimum absolute atomic E-state index is 0.198. The van der Waals surface area contributed by atoms with Crippen LogP contribution in [0.15, 0.2) is 0 Å². The lowest BCUT2D eigenvalue weighted by Gasteiger charge is -2.21. The summed E-state index contributed by atoms with van der Waals surface area (Å²) in [6.07, 6.45) is 16.6. The Morgan fingerprint density at radius 3 is 1.69 bits per heavy atom. The summed E-state index contributed by atoms with van der Waals surface area (Å²) >= 11 is 0. The average molecular weight is 497 g/mol. The van der Waals surface area contributed by atoms with E-state index < -0.39 is 35.2 Å². The maximum Gasteiger partial charge on any atom is 0.325 e. The summed E-state index contributed by atoms with van der Waals surface area (Å²) in [5.74, 6) is -2.23. The largest absolute Gasteiger partial charge is 0.459 e. The van der Waals surface area contributed by atoms with E-state index in [9.17, 15) is 19.2 Å². The molecule has 0 bridgehead atoms. The number of rotatable bonds is 21. The van der Waals surface area contributed by atoms with Gasteiger partial charge in [-0.2, -0.15) is 0 Å². The molecule has 0 aliphatic heterocycles. The number of unbranched alkanes of at least 4 members (excludes halogenated alkanes) is 12. The second-order valence-electron chi connectivity index (χ2n) is 10.5. The molecule has 0 aromatic rings. The number of esters is 1. The molecule has 0 fully saturated rings. The molecule has 0 aromatic heterocycles. The number of ether oxygens (including phenoxy) is 1. The molecule has 0 rings (SSSR count). The first-order chi connectivity index (χ1) is 16.6. The van der Waals surface area contributed by atoms with Crippen molar-refractivity contribution in [2.75, 3.05) is 6.54 Å². The van der Waals surface area contributed by atoms with Crippen LogP contribution in [-0.4, -0.2) is 41.8 Å². The molecular formula is C28H52N2O5. The van der Waals surface area contributed by atoms with Crippen molar-refractivity contribution in [2.45, 2.75) is 149 Å². The van der Waals surface area contributed by atoms with Crippen molar-refractivity contribution in [1.29, 1.82) is 0 Å². The fourth-order valence-corrected chi connectivity index (χ4v) is 3.82. The van der Waals surface area contributed by atoms with Gasteiger partial charge >= 0.3 is 5.97 Å². The van der Waals surface area contributed by atoms with Crippen molar-refractivity contribution in [1.82, 2.24) is 10.6 Å². The Balaban J connectivity index is 4.16. The number of carbonyl (C=O) groups is 4. The molecule has 0 aliphatic carbocycles. The van der Waals surface area contributed by atoms with Crippen LogP contribution < -0.4 is 10.6 Å². The molecular weight excluding hydrogens is 444 g/mol. The predicted octanol–water partition coefficient (Wildman–Crippen LogP) is 5.78. The topological polar surface area (TPSA) is 102 Å². The highest BCUT2D eigenvalue weighted by atomic mass is 16.6. The van der Waals surface area contributed by atoms with Crippen LogP contribution in [0.25, 0.3) is 0 Å². The van der Waals surface area contributed by atoms with E-state index in [1.54, 1.807) is 20.8 Å². The Hall–Kier alpha value is -1.92. The van der Waals surface area contributed by atoms with Gasteiger partial charge in [-0.1, -0.05) is 97.3 Å². The summed E-state index contributed by atoms with van der Waals surface area (Å²) < 4.78 is 5.18. The molecule has 0 radical (unpaired) electrons. The first-order valence-electron chi connectivity index (χ1n) is 13.9. The molecule has 0 aliphatic rings. The maximum atomic E-state index is 12.5. The fourth-order valence-electron chi connectivity index (χ4n) is 3.82. The summed E-state index contributed by atoms with van der Waals surface area (Å²) in [6, 6.07) is -0.837. The van der Waals surface area contributed by atoms with Crippen LogP contribution in [0, 0.1) is 0 Å². The Kier molecular flexibility index (Phi) is 19.2. The molecule has 0 unspecified atom stereocenters. The summed E-state index contributed by atoms with van der Waals surface area (Å²) in [7, 11) is 0. The normalized spacial score (nSPS) is 12.1. The zero-order valence-electron chi connectivity index (χ0n) is 23.1. The van der Waals surface area contributed by atoms with Gasteiger partial charge in [0.2, 0.25) is 11.7 Å². The Morgan fingerprint density at radius 1 is 0.714 bits per heavy atom. The lowest BCUT2D eigenvalue weighted by Crippen LogP contribution is -2.50. The van der Waals surface area contributed by atoms with E-state index in [2.05, 4.69) is 17.6 Å². The third-order valence-corrected chi connectivity index (χ3v) is 5.81. The third-order valence-electron chi connectivity index (χ3n) is 5.81. The first kappa shape index (κ1) is 33.1. The van der Waals surface area contributed by atoms with Gasteiger partial charge in [0, 0.05) is 6.42 Å². The van der Waals surface area contributed by atoms with Gasteiger partial charge < -0.3 is 15.4 Å². The van der Waals surface area contributed by atoms with Gasteiger partial charge in [0.25, 0.3) is 5.91 Å². The first-order valence-corrected chi connectivity index (χ1v) is 13.9. The van der Waals surface area contributed by atoms with Crippen LogP contribution in [0.3, 0.4) is 0 Å². The molecule has 1 atom stereocenters. The van der Waals surface area contributed by atoms with Gasteiger partial charge in [0.15, 0.2) is 0 Å². The lowest BCUT2D eigenvalue weighted by molar-refractivity contribution is -0.154. The smallest absolute Gasteiger partial charge is 0.325 e. The highest BCUT2D eigenvalue weighted by Gasteiger charge is 2.24. The van der Waals surface area contributed by atoms with Crippen molar-refractivity contribution in [3.63, 3.8) is 0 Å². The zero-order valence-corrected chi connectivity index (χ0v) is 23.1. The summed E-state index contributed by atoms with van der Waals surface area (Å²) in [5, 5.41) is 5.08. The Morgan fingerprint density at radius 2 is 1.20 bits per heavy atom. The van der Waals surface area contributed by atoms with E-state index in [0.29, 0.717) is 12.8 Å². The van der Waals surface area contributed by atoms with E-state index in [1.807, 2.05) is 6.92 Å². The molecule has 0 saturated carbocycles. The average Bonchev–Trinajstić information content (AvgIpc) is 2.79. The second-order valence-corrected chi connectivity index (χ2v) is 10.5. The Labute approximate surface area is 213 Å². The lowest BCUT2D eigenvalue weighted by atomic mass is 10.0. The Bertz CT molecular complexity index is 613. The van der Waals surface area contributed by atoms with Gasteiger partial charge in [-0.05, 0) is 33.6 Å². The molecule has 204 valence electrons. The second kappa shape index (κ2) is 20.3. The number of ketones is 1. The SMILES string of the molecule is CCCCCCCCCCCCCCC(=O)C(=O)N[C@@H](CCCC)C(=O)NCC(=O)OC(C)(C)C. The highest BCUT2D eigenvalue weighted by molar-refractivity contribution is 6.36. The molecule has 0 spiro atoms. The van der Waals surface area contributed by atoms with E-state index >= 15 is 0 Å². The van der Waals surface area contributed by atoms with Crippen LogP contribution in [0.4, 0.5) is 0 Å². The molecule has 2 amide bonds. The molecule has 2 N–H and O–H groups in total. The van der Waals surface area contributed by atoms with Gasteiger partial charge in [-0.25, -0.2) is 0 Å². The number of carbonyl (C=O) groups excluding carboxylic acids is 4. The van der Waals surface area contributed by atoms with E-state index in [1.165, 1.54) is 57.8 Å². The van der Waals surface area contributed by atoms with Gasteiger partial charge in [0.05, 0.1) is 0 Å². The van der Waals surface area contributed by atoms with Crippen LogP contribution in [0.2, 0.25) is 0 Å². The van der Waals surface area contributed by atoms with Crippen molar-refractivity contribution >= 4 is 23.6 Å².